The van der Waals surface area contributed by atoms with E-state index >= 15 is 0 Å². The van der Waals surface area contributed by atoms with Crippen molar-refractivity contribution in [3.8, 4) is 0 Å². The van der Waals surface area contributed by atoms with Crippen molar-refractivity contribution in [3.05, 3.63) is 0 Å². The molecule has 0 spiro atoms. The highest BCUT2D eigenvalue weighted by Gasteiger charge is 1.80. The molecule has 0 amide bonds. The lowest BCUT2D eigenvalue weighted by molar-refractivity contribution is 0.214. The Morgan fingerprint density at radius 1 is 1.71 bits per heavy atom. The zero-order valence-corrected chi connectivity index (χ0v) is 5.58. The van der Waals surface area contributed by atoms with Gasteiger partial charge < -0.3 is 4.84 Å². The van der Waals surface area contributed by atoms with E-state index in [0.29, 0.717) is 0 Å². The fourth-order valence-electron chi connectivity index (χ4n) is 0.166. The van der Waals surface area contributed by atoms with Gasteiger partial charge >= 0.3 is 0 Å². The van der Waals surface area contributed by atoms with Crippen LogP contribution in [0.1, 0.15) is 6.92 Å². The average molecular weight is 119 g/mol. The highest BCUT2D eigenvalue weighted by molar-refractivity contribution is 8.13. The molecule has 0 saturated carbocycles. The number of nitrogens with zero attached hydrogens (tertiary/aromatic N) is 1. The first-order valence-corrected chi connectivity index (χ1v) is 3.15. The quantitative estimate of drug-likeness (QED) is 0.295. The van der Waals surface area contributed by atoms with Gasteiger partial charge in [-0.1, -0.05) is 5.16 Å². The Kier molecular flexibility index (Phi) is 3.89. The highest BCUT2D eigenvalue weighted by atomic mass is 32.2. The largest absolute Gasteiger partial charge is 0.399 e. The van der Waals surface area contributed by atoms with Crippen LogP contribution in [0.25, 0.3) is 0 Å². The topological polar surface area (TPSA) is 21.6 Å². The van der Waals surface area contributed by atoms with Crippen LogP contribution in [0.3, 0.4) is 0 Å². The normalized spacial score (nSPS) is 11.6. The molecule has 0 unspecified atom stereocenters. The van der Waals surface area contributed by atoms with Crippen LogP contribution in [0.5, 0.6) is 0 Å². The Labute approximate surface area is 47.9 Å². The Morgan fingerprint density at radius 2 is 2.29 bits per heavy atom. The van der Waals surface area contributed by atoms with E-state index in [9.17, 15) is 0 Å². The van der Waals surface area contributed by atoms with E-state index in [2.05, 4.69) is 9.99 Å². The maximum absolute atomic E-state index is 4.46. The number of thioether (sulfide) groups is 1. The standard InChI is InChI=1S/C4H9NOS/c1-4(7-3)5-6-2/h1-3H3/b5-4-. The third kappa shape index (κ3) is 3.66. The first kappa shape index (κ1) is 6.82. The second-order valence-corrected chi connectivity index (χ2v) is 2.00. The summed E-state index contributed by atoms with van der Waals surface area (Å²) in [6.45, 7) is 1.90. The molecule has 0 aromatic carbocycles. The Hall–Kier alpha value is -0.180. The minimum absolute atomic E-state index is 0.947. The molecule has 0 aliphatic heterocycles. The lowest BCUT2D eigenvalue weighted by Crippen LogP contribution is -1.80. The molecule has 42 valence electrons. The van der Waals surface area contributed by atoms with Gasteiger partial charge in [0.25, 0.3) is 0 Å². The van der Waals surface area contributed by atoms with Crippen molar-refractivity contribution in [2.24, 2.45) is 5.16 Å². The summed E-state index contributed by atoms with van der Waals surface area (Å²) in [5.41, 5.74) is 0. The molecule has 0 atom stereocenters. The predicted molar refractivity (Wildman–Crippen MR) is 33.6 cm³/mol. The molecule has 2 nitrogen and oxygen atoms in total. The van der Waals surface area contributed by atoms with E-state index in [0.717, 1.165) is 5.04 Å². The molecule has 0 saturated heterocycles. The molecule has 3 heteroatoms. The van der Waals surface area contributed by atoms with Crippen LogP contribution in [0.2, 0.25) is 0 Å². The maximum Gasteiger partial charge on any atom is 0.109 e. The third-order valence-electron chi connectivity index (χ3n) is 0.515. The van der Waals surface area contributed by atoms with Crippen molar-refractivity contribution < 1.29 is 4.84 Å². The lowest BCUT2D eigenvalue weighted by Gasteiger charge is -1.88. The van der Waals surface area contributed by atoms with E-state index in [1.54, 1.807) is 18.9 Å². The van der Waals surface area contributed by atoms with Crippen molar-refractivity contribution in [2.75, 3.05) is 13.4 Å². The van der Waals surface area contributed by atoms with Gasteiger partial charge in [-0.3, -0.25) is 0 Å². The molecule has 0 aromatic heterocycles. The van der Waals surface area contributed by atoms with Crippen molar-refractivity contribution in [2.45, 2.75) is 6.92 Å². The van der Waals surface area contributed by atoms with Gasteiger partial charge in [-0.15, -0.1) is 11.8 Å². The summed E-state index contributed by atoms with van der Waals surface area (Å²) in [7, 11) is 1.54. The van der Waals surface area contributed by atoms with Gasteiger partial charge in [-0.2, -0.15) is 0 Å². The zero-order valence-electron chi connectivity index (χ0n) is 4.76. The number of hydrogen-bond donors (Lipinski definition) is 0. The SMILES string of the molecule is CO/N=C(/C)SC. The van der Waals surface area contributed by atoms with E-state index in [1.807, 2.05) is 13.2 Å². The Morgan fingerprint density at radius 3 is 2.43 bits per heavy atom. The number of oxime groups is 1. The van der Waals surface area contributed by atoms with Crippen LogP contribution in [0.15, 0.2) is 5.16 Å². The summed E-state index contributed by atoms with van der Waals surface area (Å²) in [6, 6.07) is 0. The fourth-order valence-corrected chi connectivity index (χ4v) is 0.315. The summed E-state index contributed by atoms with van der Waals surface area (Å²) < 4.78 is 0. The lowest BCUT2D eigenvalue weighted by atomic mass is 10.9. The van der Waals surface area contributed by atoms with Crippen molar-refractivity contribution >= 4 is 16.8 Å². The predicted octanol–water partition coefficient (Wildman–Crippen LogP) is 1.33. The van der Waals surface area contributed by atoms with Crippen LogP contribution in [-0.2, 0) is 4.84 Å². The summed E-state index contributed by atoms with van der Waals surface area (Å²) in [5.74, 6) is 0. The Balaban J connectivity index is 3.29. The van der Waals surface area contributed by atoms with E-state index in [-0.39, 0.29) is 0 Å². The minimum atomic E-state index is 0.947. The van der Waals surface area contributed by atoms with Gasteiger partial charge in [-0.25, -0.2) is 0 Å². The molecule has 0 heterocycles. The smallest absolute Gasteiger partial charge is 0.109 e. The number of rotatable bonds is 1. The van der Waals surface area contributed by atoms with Gasteiger partial charge in [0.15, 0.2) is 0 Å². The van der Waals surface area contributed by atoms with Crippen LogP contribution in [0, 0.1) is 0 Å². The second kappa shape index (κ2) is 3.99. The summed E-state index contributed by atoms with van der Waals surface area (Å²) in [5, 5.41) is 4.57. The van der Waals surface area contributed by atoms with Gasteiger partial charge in [0.2, 0.25) is 0 Å². The Bertz CT molecular complexity index is 72.1. The van der Waals surface area contributed by atoms with Crippen molar-refractivity contribution in [1.82, 2.24) is 0 Å². The molecular formula is C4H9NOS. The first-order chi connectivity index (χ1) is 3.31. The van der Waals surface area contributed by atoms with Crippen molar-refractivity contribution in [3.63, 3.8) is 0 Å². The molecule has 0 radical (unpaired) electrons. The fraction of sp³-hybridized carbons (Fsp3) is 0.750. The summed E-state index contributed by atoms with van der Waals surface area (Å²) in [6.07, 6.45) is 1.96. The summed E-state index contributed by atoms with van der Waals surface area (Å²) in [4.78, 5) is 4.46. The molecular weight excluding hydrogens is 110 g/mol. The van der Waals surface area contributed by atoms with Crippen LogP contribution < -0.4 is 0 Å². The molecule has 0 N–H and O–H groups in total. The summed E-state index contributed by atoms with van der Waals surface area (Å²) >= 11 is 1.57. The molecule has 0 aromatic rings. The molecule has 0 rings (SSSR count). The molecule has 0 aliphatic rings. The highest BCUT2D eigenvalue weighted by Crippen LogP contribution is 1.94. The van der Waals surface area contributed by atoms with E-state index in [1.165, 1.54) is 0 Å². The average Bonchev–Trinajstić information content (AvgIpc) is 1.68. The van der Waals surface area contributed by atoms with E-state index < -0.39 is 0 Å². The monoisotopic (exact) mass is 119 g/mol. The minimum Gasteiger partial charge on any atom is -0.399 e. The van der Waals surface area contributed by atoms with Gasteiger partial charge in [-0.05, 0) is 13.2 Å². The molecule has 0 fully saturated rings. The van der Waals surface area contributed by atoms with Crippen molar-refractivity contribution in [1.29, 1.82) is 0 Å². The van der Waals surface area contributed by atoms with Crippen LogP contribution in [-0.4, -0.2) is 18.4 Å². The zero-order chi connectivity index (χ0) is 5.70. The van der Waals surface area contributed by atoms with Crippen LogP contribution >= 0.6 is 11.8 Å². The molecule has 0 bridgehead atoms. The maximum atomic E-state index is 4.46. The molecule has 7 heavy (non-hydrogen) atoms. The van der Waals surface area contributed by atoms with Gasteiger partial charge in [0.1, 0.15) is 12.2 Å². The molecule has 0 aliphatic carbocycles. The second-order valence-electron chi connectivity index (χ2n) is 0.997. The van der Waals surface area contributed by atoms with E-state index in [4.69, 9.17) is 0 Å². The van der Waals surface area contributed by atoms with Crippen LogP contribution in [0.4, 0.5) is 0 Å². The first-order valence-electron chi connectivity index (χ1n) is 1.93. The van der Waals surface area contributed by atoms with Gasteiger partial charge in [0, 0.05) is 0 Å². The van der Waals surface area contributed by atoms with Gasteiger partial charge in [0.05, 0.1) is 0 Å². The third-order valence-corrected chi connectivity index (χ3v) is 1.18. The number of hydrogen-bond acceptors (Lipinski definition) is 3.